The number of halogens is 5. The molecule has 1 amide bonds. The number of alkyl carbamates (subject to hydrolysis) is 1. The first-order valence-corrected chi connectivity index (χ1v) is 11.8. The van der Waals surface area contributed by atoms with Crippen molar-refractivity contribution in [2.75, 3.05) is 6.54 Å². The van der Waals surface area contributed by atoms with Crippen LogP contribution in [0.1, 0.15) is 61.9 Å². The summed E-state index contributed by atoms with van der Waals surface area (Å²) >= 11 is 0. The highest BCUT2D eigenvalue weighted by atomic mass is 19.4. The maximum atomic E-state index is 13.7. The summed E-state index contributed by atoms with van der Waals surface area (Å²) in [5.41, 5.74) is -0.505. The highest BCUT2D eigenvalue weighted by Crippen LogP contribution is 2.39. The summed E-state index contributed by atoms with van der Waals surface area (Å²) in [5.74, 6) is -1.60. The molecule has 198 valence electrons. The lowest BCUT2D eigenvalue weighted by atomic mass is 9.84. The molecule has 0 saturated carbocycles. The minimum atomic E-state index is -4.46. The van der Waals surface area contributed by atoms with Crippen LogP contribution >= 0.6 is 0 Å². The van der Waals surface area contributed by atoms with Gasteiger partial charge in [-0.15, -0.1) is 0 Å². The van der Waals surface area contributed by atoms with Gasteiger partial charge in [0, 0.05) is 18.7 Å². The van der Waals surface area contributed by atoms with Crippen LogP contribution in [0.25, 0.3) is 0 Å². The summed E-state index contributed by atoms with van der Waals surface area (Å²) in [6.07, 6.45) is -5.21. The fourth-order valence-corrected chi connectivity index (χ4v) is 4.46. The molecule has 2 aromatic carbocycles. The van der Waals surface area contributed by atoms with Gasteiger partial charge in [0.2, 0.25) is 0 Å². The zero-order valence-corrected chi connectivity index (χ0v) is 20.4. The minimum absolute atomic E-state index is 0.0847. The Hall–Kier alpha value is -2.72. The zero-order chi connectivity index (χ0) is 26.7. The van der Waals surface area contributed by atoms with E-state index in [1.165, 1.54) is 6.07 Å². The Morgan fingerprint density at radius 2 is 1.81 bits per heavy atom. The second-order valence-electron chi connectivity index (χ2n) is 10.0. The molecule has 3 N–H and O–H groups in total. The van der Waals surface area contributed by atoms with Gasteiger partial charge in [-0.05, 0) is 81.3 Å². The van der Waals surface area contributed by atoms with E-state index < -0.39 is 53.3 Å². The minimum Gasteiger partial charge on any atom is -0.444 e. The Bertz CT molecular complexity index is 1050. The number of fused-ring (bicyclic) bond motifs is 1. The highest BCUT2D eigenvalue weighted by molar-refractivity contribution is 5.68. The monoisotopic (exact) mass is 514 g/mol. The molecule has 3 rings (SSSR count). The summed E-state index contributed by atoms with van der Waals surface area (Å²) in [7, 11) is 0. The van der Waals surface area contributed by atoms with E-state index in [1.54, 1.807) is 26.8 Å². The number of amides is 1. The molecule has 0 fully saturated rings. The van der Waals surface area contributed by atoms with Crippen LogP contribution in [0.5, 0.6) is 0 Å². The first-order chi connectivity index (χ1) is 16.7. The van der Waals surface area contributed by atoms with E-state index in [2.05, 4.69) is 10.6 Å². The van der Waals surface area contributed by atoms with E-state index in [-0.39, 0.29) is 24.1 Å². The number of hydrogen-bond donors (Lipinski definition) is 3. The molecule has 0 aliphatic heterocycles. The van der Waals surface area contributed by atoms with E-state index in [9.17, 15) is 31.9 Å². The normalized spacial score (nSPS) is 17.8. The number of nitrogens with one attached hydrogen (secondary N) is 2. The molecule has 0 aromatic heterocycles. The summed E-state index contributed by atoms with van der Waals surface area (Å²) < 4.78 is 73.0. The third-order valence-corrected chi connectivity index (χ3v) is 5.93. The smallest absolute Gasteiger partial charge is 0.416 e. The number of aliphatic hydroxyl groups excluding tert-OH is 1. The molecule has 5 nitrogen and oxygen atoms in total. The van der Waals surface area contributed by atoms with Crippen LogP contribution in [0.4, 0.5) is 26.7 Å². The van der Waals surface area contributed by atoms with Crippen molar-refractivity contribution in [3.63, 3.8) is 0 Å². The fraction of sp³-hybridized carbons (Fsp3) is 0.500. The predicted molar refractivity (Wildman–Crippen MR) is 124 cm³/mol. The van der Waals surface area contributed by atoms with E-state index >= 15 is 0 Å². The van der Waals surface area contributed by atoms with Gasteiger partial charge >= 0.3 is 12.3 Å². The molecule has 0 heterocycles. The van der Waals surface area contributed by atoms with Gasteiger partial charge in [-0.3, -0.25) is 0 Å². The largest absolute Gasteiger partial charge is 0.444 e. The quantitative estimate of drug-likeness (QED) is 0.430. The van der Waals surface area contributed by atoms with E-state index in [4.69, 9.17) is 4.74 Å². The van der Waals surface area contributed by atoms with Crippen LogP contribution in [0.3, 0.4) is 0 Å². The van der Waals surface area contributed by atoms with Gasteiger partial charge in [0.25, 0.3) is 0 Å². The van der Waals surface area contributed by atoms with Crippen molar-refractivity contribution in [3.8, 4) is 0 Å². The zero-order valence-electron chi connectivity index (χ0n) is 20.4. The van der Waals surface area contributed by atoms with Crippen LogP contribution in [-0.4, -0.2) is 35.5 Å². The standard InChI is InChI=1S/C26H31F5N2O3/c1-25(2,3)36-24(35)33-22(12-15-10-16(27)13-17(28)11-15)23(34)14-32-21-9-5-6-18-19(21)7-4-8-20(18)26(29,30)31/h4,7-8,10-11,13,21-23,32,34H,5-6,9,12,14H2,1-3H3,(H,33,35)/t21-,22-,23+/m0/s1. The van der Waals surface area contributed by atoms with Crippen LogP contribution in [0.15, 0.2) is 36.4 Å². The van der Waals surface area contributed by atoms with Crippen LogP contribution in [0, 0.1) is 11.6 Å². The lowest BCUT2D eigenvalue weighted by Crippen LogP contribution is -2.50. The molecular weight excluding hydrogens is 483 g/mol. The molecule has 2 aromatic rings. The SMILES string of the molecule is CC(C)(C)OC(=O)N[C@@H](Cc1cc(F)cc(F)c1)[C@H](O)CN[C@H]1CCCc2c1cccc2C(F)(F)F. The second-order valence-corrected chi connectivity index (χ2v) is 10.0. The molecule has 0 unspecified atom stereocenters. The predicted octanol–water partition coefficient (Wildman–Crippen LogP) is 5.45. The molecule has 3 atom stereocenters. The van der Waals surface area contributed by atoms with Crippen LogP contribution in [0.2, 0.25) is 0 Å². The fourth-order valence-electron chi connectivity index (χ4n) is 4.46. The van der Waals surface area contributed by atoms with Gasteiger partial charge < -0.3 is 20.5 Å². The number of carbonyl (C=O) groups excluding carboxylic acids is 1. The summed E-state index contributed by atoms with van der Waals surface area (Å²) in [6, 6.07) is 5.57. The average molecular weight is 515 g/mol. The van der Waals surface area contributed by atoms with Gasteiger partial charge in [-0.25, -0.2) is 13.6 Å². The van der Waals surface area contributed by atoms with E-state index in [0.29, 0.717) is 30.9 Å². The summed E-state index contributed by atoms with van der Waals surface area (Å²) in [4.78, 5) is 12.4. The maximum absolute atomic E-state index is 13.7. The van der Waals surface area contributed by atoms with Crippen LogP contribution < -0.4 is 10.6 Å². The summed E-state index contributed by atoms with van der Waals surface area (Å²) in [5, 5.41) is 16.6. The van der Waals surface area contributed by atoms with Crippen molar-refractivity contribution >= 4 is 6.09 Å². The van der Waals surface area contributed by atoms with Gasteiger partial charge in [-0.2, -0.15) is 13.2 Å². The number of carbonyl (C=O) groups is 1. The molecule has 0 saturated heterocycles. The molecule has 0 spiro atoms. The van der Waals surface area contributed by atoms with Gasteiger partial charge in [-0.1, -0.05) is 12.1 Å². The van der Waals surface area contributed by atoms with E-state index in [0.717, 1.165) is 18.2 Å². The van der Waals surface area contributed by atoms with Crippen molar-refractivity contribution in [1.82, 2.24) is 10.6 Å². The Labute approximate surface area is 207 Å². The molecule has 1 aliphatic carbocycles. The van der Waals surface area contributed by atoms with Crippen molar-refractivity contribution < 1.29 is 36.6 Å². The Morgan fingerprint density at radius 1 is 1.14 bits per heavy atom. The lowest BCUT2D eigenvalue weighted by Gasteiger charge is -2.31. The number of aliphatic hydroxyl groups is 1. The summed E-state index contributed by atoms with van der Waals surface area (Å²) in [6.45, 7) is 4.91. The first kappa shape index (κ1) is 27.9. The molecular formula is C26H31F5N2O3. The van der Waals surface area contributed by atoms with Crippen molar-refractivity contribution in [3.05, 3.63) is 70.3 Å². The van der Waals surface area contributed by atoms with Gasteiger partial charge in [0.1, 0.15) is 17.2 Å². The van der Waals surface area contributed by atoms with Crippen molar-refractivity contribution in [1.29, 1.82) is 0 Å². The Morgan fingerprint density at radius 3 is 2.42 bits per heavy atom. The topological polar surface area (TPSA) is 70.6 Å². The maximum Gasteiger partial charge on any atom is 0.416 e. The molecule has 10 heteroatoms. The second kappa shape index (κ2) is 11.1. The van der Waals surface area contributed by atoms with Crippen molar-refractivity contribution in [2.45, 2.75) is 76.4 Å². The van der Waals surface area contributed by atoms with Crippen LogP contribution in [-0.2, 0) is 23.8 Å². The number of ether oxygens (including phenoxy) is 1. The molecule has 0 radical (unpaired) electrons. The highest BCUT2D eigenvalue weighted by Gasteiger charge is 2.36. The Balaban J connectivity index is 1.76. The number of alkyl halides is 3. The number of rotatable bonds is 7. The third kappa shape index (κ3) is 7.64. The first-order valence-electron chi connectivity index (χ1n) is 11.8. The number of hydrogen-bond acceptors (Lipinski definition) is 4. The Kier molecular flexibility index (Phi) is 8.61. The van der Waals surface area contributed by atoms with Gasteiger partial charge in [0.15, 0.2) is 0 Å². The number of benzene rings is 2. The lowest BCUT2D eigenvalue weighted by molar-refractivity contribution is -0.138. The van der Waals surface area contributed by atoms with E-state index in [1.807, 2.05) is 0 Å². The molecule has 1 aliphatic rings. The molecule has 36 heavy (non-hydrogen) atoms. The van der Waals surface area contributed by atoms with Crippen molar-refractivity contribution in [2.24, 2.45) is 0 Å². The average Bonchev–Trinajstić information content (AvgIpc) is 2.73. The molecule has 0 bridgehead atoms. The third-order valence-electron chi connectivity index (χ3n) is 5.93. The van der Waals surface area contributed by atoms with Gasteiger partial charge in [0.05, 0.1) is 17.7 Å².